The van der Waals surface area contributed by atoms with Gasteiger partial charge in [-0.25, -0.2) is 0 Å². The molecule has 4 bridgehead atoms. The van der Waals surface area contributed by atoms with E-state index in [1.807, 2.05) is 13.8 Å². The van der Waals surface area contributed by atoms with Gasteiger partial charge in [0, 0.05) is 12.0 Å². The summed E-state index contributed by atoms with van der Waals surface area (Å²) in [5, 5.41) is 0. The Morgan fingerprint density at radius 1 is 1.05 bits per heavy atom. The quantitative estimate of drug-likeness (QED) is 0.729. The number of hydrogen-bond acceptors (Lipinski definition) is 4. The fourth-order valence-corrected chi connectivity index (χ4v) is 3.61. The summed E-state index contributed by atoms with van der Waals surface area (Å²) in [4.78, 5) is 11.1. The van der Waals surface area contributed by atoms with Crippen LogP contribution in [-0.4, -0.2) is 11.6 Å². The molecule has 4 heterocycles. The molecule has 0 unspecified atom stereocenters. The number of benzene rings is 1. The molecule has 1 aromatic rings. The smallest absolute Gasteiger partial charge is 0.238 e. The van der Waals surface area contributed by atoms with Gasteiger partial charge in [-0.2, -0.15) is 9.78 Å². The number of rotatable bonds is 1. The minimum Gasteiger partial charge on any atom is -0.315 e. The van der Waals surface area contributed by atoms with Crippen molar-refractivity contribution in [1.29, 1.82) is 0 Å². The molecular weight excluding hydrogens is 244 g/mol. The first-order chi connectivity index (χ1) is 8.96. The Labute approximate surface area is 112 Å². The maximum absolute atomic E-state index is 6.17. The van der Waals surface area contributed by atoms with E-state index in [-0.39, 0.29) is 5.92 Å². The lowest BCUT2D eigenvalue weighted by Gasteiger charge is -2.54. The SMILES string of the molecule is Cc1ccc([C@]23OO[C@@]4(C)O[C@](C)(CC[C@H]42)O3)cc1. The van der Waals surface area contributed by atoms with E-state index in [1.165, 1.54) is 5.56 Å². The predicted octanol–water partition coefficient (Wildman–Crippen LogP) is 3.00. The molecule has 4 aliphatic heterocycles. The molecule has 4 fully saturated rings. The lowest BCUT2D eigenvalue weighted by molar-refractivity contribution is -0.433. The summed E-state index contributed by atoms with van der Waals surface area (Å²) in [6, 6.07) is 8.23. The number of fused-ring (bicyclic) bond motifs is 1. The zero-order valence-electron chi connectivity index (χ0n) is 11.4. The minimum atomic E-state index is -0.826. The summed E-state index contributed by atoms with van der Waals surface area (Å²) in [6.45, 7) is 5.96. The van der Waals surface area contributed by atoms with Crippen LogP contribution < -0.4 is 0 Å². The van der Waals surface area contributed by atoms with Crippen LogP contribution >= 0.6 is 0 Å². The summed E-state index contributed by atoms with van der Waals surface area (Å²) in [6.07, 6.45) is 1.84. The van der Waals surface area contributed by atoms with Crippen LogP contribution in [0.15, 0.2) is 24.3 Å². The molecule has 4 heteroatoms. The Morgan fingerprint density at radius 3 is 2.47 bits per heavy atom. The van der Waals surface area contributed by atoms with Gasteiger partial charge in [0.15, 0.2) is 5.79 Å². The van der Waals surface area contributed by atoms with Gasteiger partial charge in [-0.3, -0.25) is 0 Å². The zero-order chi connectivity index (χ0) is 13.3. The second-order valence-electron chi connectivity index (χ2n) is 6.15. The molecule has 1 aromatic carbocycles. The number of aryl methyl sites for hydroxylation is 1. The third-order valence-electron chi connectivity index (χ3n) is 4.55. The third kappa shape index (κ3) is 1.43. The zero-order valence-corrected chi connectivity index (χ0v) is 11.4. The Balaban J connectivity index is 1.84. The molecule has 0 spiro atoms. The first-order valence-corrected chi connectivity index (χ1v) is 6.80. The van der Waals surface area contributed by atoms with Crippen molar-refractivity contribution in [3.63, 3.8) is 0 Å². The van der Waals surface area contributed by atoms with Crippen molar-refractivity contribution in [2.45, 2.75) is 51.0 Å². The lowest BCUT2D eigenvalue weighted by atomic mass is 9.76. The van der Waals surface area contributed by atoms with Gasteiger partial charge in [-0.05, 0) is 27.2 Å². The summed E-state index contributed by atoms with van der Waals surface area (Å²) >= 11 is 0. The Bertz CT molecular complexity index is 527. The van der Waals surface area contributed by atoms with Crippen LogP contribution in [0.4, 0.5) is 0 Å². The number of hydrogen-bond donors (Lipinski definition) is 0. The van der Waals surface area contributed by atoms with Gasteiger partial charge < -0.3 is 9.47 Å². The molecule has 4 saturated heterocycles. The molecule has 4 aliphatic rings. The predicted molar refractivity (Wildman–Crippen MR) is 66.7 cm³/mol. The van der Waals surface area contributed by atoms with Gasteiger partial charge in [0.2, 0.25) is 11.6 Å². The molecule has 0 aliphatic carbocycles. The van der Waals surface area contributed by atoms with E-state index in [1.54, 1.807) is 0 Å². The summed E-state index contributed by atoms with van der Waals surface area (Å²) in [5.74, 6) is -2.11. The largest absolute Gasteiger partial charge is 0.315 e. The highest BCUT2D eigenvalue weighted by Crippen LogP contribution is 2.62. The molecular formula is C15H18O4. The second-order valence-corrected chi connectivity index (χ2v) is 6.15. The van der Waals surface area contributed by atoms with Gasteiger partial charge in [0.25, 0.3) is 0 Å². The maximum Gasteiger partial charge on any atom is 0.238 e. The topological polar surface area (TPSA) is 36.9 Å². The van der Waals surface area contributed by atoms with Crippen molar-refractivity contribution in [3.8, 4) is 0 Å². The lowest BCUT2D eigenvalue weighted by Crippen LogP contribution is -2.62. The van der Waals surface area contributed by atoms with Crippen LogP contribution in [0.5, 0.6) is 0 Å². The first kappa shape index (κ1) is 11.9. The Kier molecular flexibility index (Phi) is 2.11. The molecule has 0 aromatic heterocycles. The van der Waals surface area contributed by atoms with E-state index < -0.39 is 17.4 Å². The van der Waals surface area contributed by atoms with Crippen LogP contribution in [0.1, 0.15) is 37.8 Å². The van der Waals surface area contributed by atoms with Crippen LogP contribution in [0, 0.1) is 12.8 Å². The first-order valence-electron chi connectivity index (χ1n) is 6.80. The second kappa shape index (κ2) is 3.38. The Hall–Kier alpha value is -0.940. The van der Waals surface area contributed by atoms with E-state index in [2.05, 4.69) is 31.2 Å². The molecule has 0 N–H and O–H groups in total. The van der Waals surface area contributed by atoms with Crippen molar-refractivity contribution in [2.24, 2.45) is 5.92 Å². The number of ether oxygens (including phenoxy) is 2. The third-order valence-corrected chi connectivity index (χ3v) is 4.55. The van der Waals surface area contributed by atoms with Crippen molar-refractivity contribution >= 4 is 0 Å². The molecule has 4 atom stereocenters. The van der Waals surface area contributed by atoms with Crippen molar-refractivity contribution in [3.05, 3.63) is 35.4 Å². The molecule has 0 saturated carbocycles. The monoisotopic (exact) mass is 262 g/mol. The van der Waals surface area contributed by atoms with E-state index in [9.17, 15) is 0 Å². The van der Waals surface area contributed by atoms with Gasteiger partial charge >= 0.3 is 0 Å². The van der Waals surface area contributed by atoms with Crippen LogP contribution in [0.25, 0.3) is 0 Å². The average Bonchev–Trinajstić information content (AvgIpc) is 2.58. The van der Waals surface area contributed by atoms with Crippen LogP contribution in [0.3, 0.4) is 0 Å². The summed E-state index contributed by atoms with van der Waals surface area (Å²) in [7, 11) is 0. The van der Waals surface area contributed by atoms with E-state index in [0.29, 0.717) is 0 Å². The van der Waals surface area contributed by atoms with E-state index in [4.69, 9.17) is 19.2 Å². The fraction of sp³-hybridized carbons (Fsp3) is 0.600. The summed E-state index contributed by atoms with van der Waals surface area (Å²) in [5.41, 5.74) is 2.21. The normalized spacial score (nSPS) is 47.6. The van der Waals surface area contributed by atoms with Crippen molar-refractivity contribution < 1.29 is 19.2 Å². The molecule has 0 radical (unpaired) electrons. The highest BCUT2D eigenvalue weighted by molar-refractivity contribution is 5.28. The minimum absolute atomic E-state index is 0.0598. The highest BCUT2D eigenvalue weighted by atomic mass is 17.3. The molecule has 5 rings (SSSR count). The van der Waals surface area contributed by atoms with Crippen LogP contribution in [-0.2, 0) is 25.0 Å². The van der Waals surface area contributed by atoms with E-state index >= 15 is 0 Å². The molecule has 0 amide bonds. The molecule has 102 valence electrons. The fourth-order valence-electron chi connectivity index (χ4n) is 3.61. The molecule has 4 nitrogen and oxygen atoms in total. The summed E-state index contributed by atoms with van der Waals surface area (Å²) < 4.78 is 12.1. The van der Waals surface area contributed by atoms with Gasteiger partial charge in [0.1, 0.15) is 0 Å². The highest BCUT2D eigenvalue weighted by Gasteiger charge is 2.72. The molecule has 19 heavy (non-hydrogen) atoms. The van der Waals surface area contributed by atoms with Crippen molar-refractivity contribution in [1.82, 2.24) is 0 Å². The standard InChI is InChI=1S/C15H18O4/c1-10-4-6-11(7-5-10)15-12-8-9-13(2,17-15)16-14(12,3)18-19-15/h4-7,12H,8-9H2,1-3H3/t12-,13+,14-,15+/m1/s1. The van der Waals surface area contributed by atoms with Gasteiger partial charge in [0.05, 0.1) is 5.92 Å². The average molecular weight is 262 g/mol. The van der Waals surface area contributed by atoms with Gasteiger partial charge in [-0.15, -0.1) is 0 Å². The van der Waals surface area contributed by atoms with Crippen molar-refractivity contribution in [2.75, 3.05) is 0 Å². The van der Waals surface area contributed by atoms with Crippen LogP contribution in [0.2, 0.25) is 0 Å². The van der Waals surface area contributed by atoms with Gasteiger partial charge in [-0.1, -0.05) is 29.8 Å². The van der Waals surface area contributed by atoms with E-state index in [0.717, 1.165) is 18.4 Å². The maximum atomic E-state index is 6.17. The Morgan fingerprint density at radius 2 is 1.79 bits per heavy atom.